The lowest BCUT2D eigenvalue weighted by Crippen LogP contribution is -2.18. The van der Waals surface area contributed by atoms with E-state index in [9.17, 15) is 13.2 Å². The lowest BCUT2D eigenvalue weighted by Gasteiger charge is -2.05. The van der Waals surface area contributed by atoms with Gasteiger partial charge in [-0.1, -0.05) is 5.16 Å². The molecule has 0 saturated heterocycles. The minimum Gasteiger partial charge on any atom is -0.372 e. The number of nitrogens with one attached hydrogen (secondary N) is 1. The quantitative estimate of drug-likeness (QED) is 0.744. The molecule has 0 aliphatic rings. The Bertz CT molecular complexity index is 540. The molecule has 0 aliphatic carbocycles. The summed E-state index contributed by atoms with van der Waals surface area (Å²) in [5.41, 5.74) is 6.70. The number of H-pyrrole nitrogens is 1. The summed E-state index contributed by atoms with van der Waals surface area (Å²) in [5.74, 6) is 0.475. The van der Waals surface area contributed by atoms with Crippen LogP contribution >= 0.6 is 0 Å². The Morgan fingerprint density at radius 3 is 2.90 bits per heavy atom. The van der Waals surface area contributed by atoms with Crippen LogP contribution in [0, 0.1) is 0 Å². The van der Waals surface area contributed by atoms with E-state index in [4.69, 9.17) is 10.3 Å². The number of imidazole rings is 1. The molecule has 2 aromatic rings. The summed E-state index contributed by atoms with van der Waals surface area (Å²) in [7, 11) is 0. The summed E-state index contributed by atoms with van der Waals surface area (Å²) in [6.45, 7) is -1.44. The fraction of sp³-hybridized carbons (Fsp3) is 0.545. The van der Waals surface area contributed by atoms with Gasteiger partial charge >= 0.3 is 6.18 Å². The van der Waals surface area contributed by atoms with Crippen LogP contribution in [0.3, 0.4) is 0 Å². The highest BCUT2D eigenvalue weighted by molar-refractivity contribution is 5.02. The van der Waals surface area contributed by atoms with Crippen molar-refractivity contribution < 1.29 is 22.4 Å². The molecule has 2 aromatic heterocycles. The highest BCUT2D eigenvalue weighted by atomic mass is 19.4. The molecule has 0 fully saturated rings. The number of aromatic nitrogens is 4. The molecule has 2 rings (SSSR count). The van der Waals surface area contributed by atoms with Gasteiger partial charge in [-0.05, 0) is 0 Å². The molecule has 0 unspecified atom stereocenters. The van der Waals surface area contributed by atoms with Crippen LogP contribution in [0.1, 0.15) is 23.5 Å². The SMILES string of the molecule is N[C@@H](Cc1cnc[nH]1)c1nc(CCOCC(F)(F)F)no1. The zero-order valence-electron chi connectivity index (χ0n) is 10.9. The van der Waals surface area contributed by atoms with Crippen LogP contribution < -0.4 is 5.73 Å². The van der Waals surface area contributed by atoms with Gasteiger partial charge in [0.15, 0.2) is 5.82 Å². The predicted octanol–water partition coefficient (Wildman–Crippen LogP) is 1.16. The zero-order chi connectivity index (χ0) is 15.3. The molecule has 0 saturated carbocycles. The Hall–Kier alpha value is -1.94. The van der Waals surface area contributed by atoms with Gasteiger partial charge in [0.05, 0.1) is 19.0 Å². The Balaban J connectivity index is 1.78. The lowest BCUT2D eigenvalue weighted by molar-refractivity contribution is -0.173. The van der Waals surface area contributed by atoms with E-state index < -0.39 is 18.8 Å². The predicted molar refractivity (Wildman–Crippen MR) is 64.1 cm³/mol. The first-order chi connectivity index (χ1) is 9.94. The number of hydrogen-bond donors (Lipinski definition) is 2. The second-order valence-electron chi connectivity index (χ2n) is 4.35. The van der Waals surface area contributed by atoms with Gasteiger partial charge in [-0.25, -0.2) is 4.98 Å². The van der Waals surface area contributed by atoms with E-state index in [0.29, 0.717) is 6.42 Å². The van der Waals surface area contributed by atoms with Crippen molar-refractivity contribution in [2.24, 2.45) is 5.73 Å². The van der Waals surface area contributed by atoms with E-state index in [0.717, 1.165) is 5.69 Å². The third-order valence-corrected chi connectivity index (χ3v) is 2.53. The second-order valence-corrected chi connectivity index (χ2v) is 4.35. The van der Waals surface area contributed by atoms with E-state index in [1.165, 1.54) is 6.33 Å². The Morgan fingerprint density at radius 1 is 1.43 bits per heavy atom. The van der Waals surface area contributed by atoms with Crippen molar-refractivity contribution in [3.63, 3.8) is 0 Å². The minimum absolute atomic E-state index is 0.121. The van der Waals surface area contributed by atoms with Gasteiger partial charge in [-0.3, -0.25) is 0 Å². The first-order valence-electron chi connectivity index (χ1n) is 6.14. The van der Waals surface area contributed by atoms with Gasteiger partial charge in [0.25, 0.3) is 0 Å². The van der Waals surface area contributed by atoms with Crippen LogP contribution in [0.4, 0.5) is 13.2 Å². The molecule has 7 nitrogen and oxygen atoms in total. The van der Waals surface area contributed by atoms with Gasteiger partial charge < -0.3 is 20.0 Å². The molecular weight excluding hydrogens is 291 g/mol. The molecule has 0 spiro atoms. The zero-order valence-corrected chi connectivity index (χ0v) is 10.9. The standard InChI is InChI=1S/C11H14F3N5O2/c12-11(13,14)5-20-2-1-9-18-10(21-19-9)8(15)3-7-4-16-6-17-7/h4,6,8H,1-3,5,15H2,(H,16,17)/t8-/m0/s1. The molecule has 0 aliphatic heterocycles. The number of rotatable bonds is 7. The van der Waals surface area contributed by atoms with E-state index >= 15 is 0 Å². The summed E-state index contributed by atoms with van der Waals surface area (Å²) >= 11 is 0. The van der Waals surface area contributed by atoms with Gasteiger partial charge in [0.2, 0.25) is 5.89 Å². The van der Waals surface area contributed by atoms with Crippen molar-refractivity contribution in [1.82, 2.24) is 20.1 Å². The largest absolute Gasteiger partial charge is 0.411 e. The van der Waals surface area contributed by atoms with Crippen LogP contribution in [-0.2, 0) is 17.6 Å². The molecule has 0 aromatic carbocycles. The molecule has 1 atom stereocenters. The maximum Gasteiger partial charge on any atom is 0.411 e. The monoisotopic (exact) mass is 305 g/mol. The minimum atomic E-state index is -4.34. The molecule has 0 radical (unpaired) electrons. The van der Waals surface area contributed by atoms with E-state index in [1.807, 2.05) is 0 Å². The number of nitrogens with two attached hydrogens (primary N) is 1. The van der Waals surface area contributed by atoms with E-state index in [1.54, 1.807) is 6.20 Å². The van der Waals surface area contributed by atoms with Crippen LogP contribution in [-0.4, -0.2) is 39.5 Å². The van der Waals surface area contributed by atoms with Gasteiger partial charge in [0.1, 0.15) is 6.61 Å². The topological polar surface area (TPSA) is 103 Å². The Kier molecular flexibility index (Phi) is 4.91. The Morgan fingerprint density at radius 2 is 2.24 bits per heavy atom. The number of alkyl halides is 3. The van der Waals surface area contributed by atoms with Crippen LogP contribution in [0.5, 0.6) is 0 Å². The van der Waals surface area contributed by atoms with E-state index in [2.05, 4.69) is 24.8 Å². The summed E-state index contributed by atoms with van der Waals surface area (Å²) < 4.78 is 45.1. The fourth-order valence-electron chi connectivity index (χ4n) is 1.59. The molecule has 0 bridgehead atoms. The number of hydrogen-bond acceptors (Lipinski definition) is 6. The average molecular weight is 305 g/mol. The van der Waals surface area contributed by atoms with E-state index in [-0.39, 0.29) is 24.7 Å². The van der Waals surface area contributed by atoms with Crippen molar-refractivity contribution in [1.29, 1.82) is 0 Å². The van der Waals surface area contributed by atoms with Crippen LogP contribution in [0.25, 0.3) is 0 Å². The number of ether oxygens (including phenoxy) is 1. The van der Waals surface area contributed by atoms with Gasteiger partial charge in [-0.15, -0.1) is 0 Å². The first-order valence-corrected chi connectivity index (χ1v) is 6.14. The number of aromatic amines is 1. The molecule has 116 valence electrons. The Labute approximate surface area is 117 Å². The third kappa shape index (κ3) is 5.16. The highest BCUT2D eigenvalue weighted by Gasteiger charge is 2.27. The second kappa shape index (κ2) is 6.68. The fourth-order valence-corrected chi connectivity index (χ4v) is 1.59. The van der Waals surface area contributed by atoms with Crippen molar-refractivity contribution in [3.8, 4) is 0 Å². The number of halogens is 3. The first kappa shape index (κ1) is 15.4. The van der Waals surface area contributed by atoms with Gasteiger partial charge in [0, 0.05) is 24.7 Å². The summed E-state index contributed by atoms with van der Waals surface area (Å²) in [6, 6.07) is -0.511. The highest BCUT2D eigenvalue weighted by Crippen LogP contribution is 2.15. The maximum absolute atomic E-state index is 11.9. The van der Waals surface area contributed by atoms with Crippen molar-refractivity contribution in [2.45, 2.75) is 25.1 Å². The van der Waals surface area contributed by atoms with Crippen LogP contribution in [0.2, 0.25) is 0 Å². The molecule has 0 amide bonds. The molecular formula is C11H14F3N5O2. The van der Waals surface area contributed by atoms with Crippen molar-refractivity contribution >= 4 is 0 Å². The molecule has 10 heteroatoms. The number of nitrogens with zero attached hydrogens (tertiary/aromatic N) is 3. The molecule has 3 N–H and O–H groups in total. The summed E-state index contributed by atoms with van der Waals surface area (Å²) in [5, 5.41) is 3.65. The molecule has 21 heavy (non-hydrogen) atoms. The maximum atomic E-state index is 11.9. The summed E-state index contributed by atoms with van der Waals surface area (Å²) in [4.78, 5) is 10.8. The average Bonchev–Trinajstić information content (AvgIpc) is 3.04. The lowest BCUT2D eigenvalue weighted by atomic mass is 10.2. The van der Waals surface area contributed by atoms with Crippen LogP contribution in [0.15, 0.2) is 17.0 Å². The molecule has 2 heterocycles. The van der Waals surface area contributed by atoms with Gasteiger partial charge in [-0.2, -0.15) is 18.2 Å². The summed E-state index contributed by atoms with van der Waals surface area (Å²) in [6.07, 6.45) is -0.626. The van der Waals surface area contributed by atoms with Crippen molar-refractivity contribution in [2.75, 3.05) is 13.2 Å². The third-order valence-electron chi connectivity index (χ3n) is 2.53. The smallest absolute Gasteiger partial charge is 0.372 e. The normalized spacial score (nSPS) is 13.5. The van der Waals surface area contributed by atoms with Crippen molar-refractivity contribution in [3.05, 3.63) is 29.9 Å².